The lowest BCUT2D eigenvalue weighted by molar-refractivity contribution is 0.169. The zero-order valence-electron chi connectivity index (χ0n) is 15.6. The molecule has 0 spiro atoms. The molecule has 2 N–H and O–H groups in total. The fourth-order valence-electron chi connectivity index (χ4n) is 3.11. The first-order chi connectivity index (χ1) is 13.2. The molecule has 27 heavy (non-hydrogen) atoms. The van der Waals surface area contributed by atoms with Gasteiger partial charge in [0.25, 0.3) is 0 Å². The highest BCUT2D eigenvalue weighted by Crippen LogP contribution is 2.12. The van der Waals surface area contributed by atoms with E-state index in [0.717, 1.165) is 56.5 Å². The van der Waals surface area contributed by atoms with Crippen molar-refractivity contribution in [2.24, 2.45) is 4.99 Å². The zero-order chi connectivity index (χ0) is 19.1. The molecule has 8 heteroatoms. The molecule has 0 saturated carbocycles. The third-order valence-corrected chi connectivity index (χ3v) is 4.58. The SMILES string of the molecule is CCNC(=NCc1ccc(F)c(CO)c1)N1CCN(Cc2ccon2)CC1. The molecule has 2 aromatic rings. The Balaban J connectivity index is 1.59. The number of aliphatic imine (C=N–C) groups is 1. The molecule has 1 fully saturated rings. The Kier molecular flexibility index (Phi) is 6.78. The molecule has 0 bridgehead atoms. The number of piperazine rings is 1. The Bertz CT molecular complexity index is 743. The van der Waals surface area contributed by atoms with Crippen molar-refractivity contribution in [3.63, 3.8) is 0 Å². The summed E-state index contributed by atoms with van der Waals surface area (Å²) in [5, 5.41) is 16.5. The number of hydrogen-bond donors (Lipinski definition) is 2. The first-order valence-electron chi connectivity index (χ1n) is 9.22. The molecule has 2 heterocycles. The van der Waals surface area contributed by atoms with Gasteiger partial charge in [0.05, 0.1) is 18.8 Å². The van der Waals surface area contributed by atoms with Crippen molar-refractivity contribution in [1.29, 1.82) is 0 Å². The van der Waals surface area contributed by atoms with Crippen LogP contribution in [0.25, 0.3) is 0 Å². The lowest BCUT2D eigenvalue weighted by Crippen LogP contribution is -2.52. The molecule has 7 nitrogen and oxygen atoms in total. The molecule has 146 valence electrons. The van der Waals surface area contributed by atoms with Gasteiger partial charge in [-0.25, -0.2) is 9.38 Å². The maximum absolute atomic E-state index is 13.5. The summed E-state index contributed by atoms with van der Waals surface area (Å²) in [6.07, 6.45) is 1.60. The standard InChI is InChI=1S/C19H26FN5O2/c1-2-21-19(22-12-15-3-4-18(20)16(11-15)14-26)25-8-6-24(7-9-25)13-17-5-10-27-23-17/h3-5,10-11,26H,2,6-9,12-14H2,1H3,(H,21,22). The summed E-state index contributed by atoms with van der Waals surface area (Å²) < 4.78 is 18.4. The van der Waals surface area contributed by atoms with Crippen molar-refractivity contribution in [2.75, 3.05) is 32.7 Å². The monoisotopic (exact) mass is 375 g/mol. The van der Waals surface area contributed by atoms with E-state index in [1.807, 2.05) is 13.0 Å². The van der Waals surface area contributed by atoms with Crippen molar-refractivity contribution < 1.29 is 14.0 Å². The Morgan fingerprint density at radius 1 is 1.30 bits per heavy atom. The molecule has 1 aromatic heterocycles. The fraction of sp³-hybridized carbons (Fsp3) is 0.474. The van der Waals surface area contributed by atoms with Crippen LogP contribution in [0.15, 0.2) is 40.0 Å². The Morgan fingerprint density at radius 2 is 2.11 bits per heavy atom. The van der Waals surface area contributed by atoms with Crippen molar-refractivity contribution in [3.8, 4) is 0 Å². The van der Waals surface area contributed by atoms with E-state index in [1.165, 1.54) is 6.07 Å². The van der Waals surface area contributed by atoms with Gasteiger partial charge >= 0.3 is 0 Å². The highest BCUT2D eigenvalue weighted by Gasteiger charge is 2.20. The second kappa shape index (κ2) is 9.48. The smallest absolute Gasteiger partial charge is 0.194 e. The van der Waals surface area contributed by atoms with Gasteiger partial charge in [0.1, 0.15) is 12.1 Å². The molecule has 3 rings (SSSR count). The van der Waals surface area contributed by atoms with Crippen LogP contribution in [0, 0.1) is 5.82 Å². The Labute approximate surface area is 158 Å². The van der Waals surface area contributed by atoms with E-state index in [-0.39, 0.29) is 12.4 Å². The lowest BCUT2D eigenvalue weighted by atomic mass is 10.1. The number of halogens is 1. The molecule has 1 aromatic carbocycles. The van der Waals surface area contributed by atoms with Gasteiger partial charge in [-0.1, -0.05) is 11.2 Å². The number of aromatic nitrogens is 1. The van der Waals surface area contributed by atoms with Crippen LogP contribution in [0.1, 0.15) is 23.7 Å². The van der Waals surface area contributed by atoms with Gasteiger partial charge < -0.3 is 19.8 Å². The second-order valence-corrected chi connectivity index (χ2v) is 6.51. The van der Waals surface area contributed by atoms with E-state index in [4.69, 9.17) is 9.52 Å². The molecular weight excluding hydrogens is 349 g/mol. The van der Waals surface area contributed by atoms with Crippen molar-refractivity contribution >= 4 is 5.96 Å². The van der Waals surface area contributed by atoms with Gasteiger partial charge in [0, 0.05) is 50.9 Å². The quantitative estimate of drug-likeness (QED) is 0.590. The van der Waals surface area contributed by atoms with Crippen molar-refractivity contribution in [3.05, 3.63) is 53.2 Å². The Morgan fingerprint density at radius 3 is 2.78 bits per heavy atom. The van der Waals surface area contributed by atoms with Gasteiger partial charge in [0.2, 0.25) is 0 Å². The van der Waals surface area contributed by atoms with Crippen LogP contribution in [0.4, 0.5) is 4.39 Å². The van der Waals surface area contributed by atoms with Gasteiger partial charge in [-0.3, -0.25) is 4.90 Å². The predicted octanol–water partition coefficient (Wildman–Crippen LogP) is 1.59. The number of benzene rings is 1. The van der Waals surface area contributed by atoms with Crippen LogP contribution in [-0.4, -0.2) is 58.7 Å². The summed E-state index contributed by atoms with van der Waals surface area (Å²) in [4.78, 5) is 9.27. The van der Waals surface area contributed by atoms with E-state index in [9.17, 15) is 9.50 Å². The number of aliphatic hydroxyl groups is 1. The number of nitrogens with one attached hydrogen (secondary N) is 1. The minimum atomic E-state index is -0.389. The zero-order valence-corrected chi connectivity index (χ0v) is 15.6. The summed E-state index contributed by atoms with van der Waals surface area (Å²) in [5.41, 5.74) is 2.12. The summed E-state index contributed by atoms with van der Waals surface area (Å²) in [6, 6.07) is 6.64. The van der Waals surface area contributed by atoms with Gasteiger partial charge in [-0.05, 0) is 24.6 Å². The van der Waals surface area contributed by atoms with Gasteiger partial charge in [-0.2, -0.15) is 0 Å². The fourth-order valence-corrected chi connectivity index (χ4v) is 3.11. The summed E-state index contributed by atoms with van der Waals surface area (Å²) in [7, 11) is 0. The molecule has 1 aliphatic heterocycles. The summed E-state index contributed by atoms with van der Waals surface area (Å²) in [5.74, 6) is 0.467. The van der Waals surface area contributed by atoms with Crippen LogP contribution < -0.4 is 5.32 Å². The average Bonchev–Trinajstić information content (AvgIpc) is 3.20. The predicted molar refractivity (Wildman–Crippen MR) is 100 cm³/mol. The first kappa shape index (κ1) is 19.3. The molecule has 0 amide bonds. The average molecular weight is 375 g/mol. The molecular formula is C19H26FN5O2. The van der Waals surface area contributed by atoms with E-state index in [0.29, 0.717) is 12.1 Å². The summed E-state index contributed by atoms with van der Waals surface area (Å²) in [6.45, 7) is 7.32. The highest BCUT2D eigenvalue weighted by molar-refractivity contribution is 5.80. The van der Waals surface area contributed by atoms with Gasteiger partial charge in [0.15, 0.2) is 5.96 Å². The molecule has 1 saturated heterocycles. The Hall–Kier alpha value is -2.45. The van der Waals surface area contributed by atoms with Crippen molar-refractivity contribution in [2.45, 2.75) is 26.6 Å². The number of hydrogen-bond acceptors (Lipinski definition) is 5. The number of nitrogens with zero attached hydrogens (tertiary/aromatic N) is 4. The number of guanidine groups is 1. The minimum Gasteiger partial charge on any atom is -0.392 e. The van der Waals surface area contributed by atoms with Crippen LogP contribution in [0.5, 0.6) is 0 Å². The van der Waals surface area contributed by atoms with E-state index < -0.39 is 0 Å². The lowest BCUT2D eigenvalue weighted by Gasteiger charge is -2.36. The second-order valence-electron chi connectivity index (χ2n) is 6.51. The van der Waals surface area contributed by atoms with Gasteiger partial charge in [-0.15, -0.1) is 0 Å². The topological polar surface area (TPSA) is 77.1 Å². The molecule has 0 atom stereocenters. The number of rotatable bonds is 6. The van der Waals surface area contributed by atoms with Crippen LogP contribution in [-0.2, 0) is 19.7 Å². The normalized spacial score (nSPS) is 16.0. The van der Waals surface area contributed by atoms with Crippen molar-refractivity contribution in [1.82, 2.24) is 20.3 Å². The minimum absolute atomic E-state index is 0.300. The summed E-state index contributed by atoms with van der Waals surface area (Å²) >= 11 is 0. The molecule has 0 radical (unpaired) electrons. The van der Waals surface area contributed by atoms with E-state index in [2.05, 4.69) is 20.3 Å². The van der Waals surface area contributed by atoms with Crippen LogP contribution in [0.3, 0.4) is 0 Å². The van der Waals surface area contributed by atoms with Crippen LogP contribution >= 0.6 is 0 Å². The van der Waals surface area contributed by atoms with E-state index >= 15 is 0 Å². The number of aliphatic hydroxyl groups excluding tert-OH is 1. The molecule has 0 aliphatic carbocycles. The molecule has 1 aliphatic rings. The van der Waals surface area contributed by atoms with E-state index in [1.54, 1.807) is 18.4 Å². The highest BCUT2D eigenvalue weighted by atomic mass is 19.1. The molecule has 0 unspecified atom stereocenters. The van der Waals surface area contributed by atoms with Crippen LogP contribution in [0.2, 0.25) is 0 Å². The third-order valence-electron chi connectivity index (χ3n) is 4.58. The largest absolute Gasteiger partial charge is 0.392 e. The maximum Gasteiger partial charge on any atom is 0.194 e. The third kappa shape index (κ3) is 5.27. The maximum atomic E-state index is 13.5. The first-order valence-corrected chi connectivity index (χ1v) is 9.22.